The van der Waals surface area contributed by atoms with Crippen LogP contribution in [0.25, 0.3) is 0 Å². The lowest BCUT2D eigenvalue weighted by atomic mass is 10.1. The fraction of sp³-hybridized carbons (Fsp3) is 0.636. The maximum Gasteiger partial charge on any atom is 0.222 e. The molecule has 0 amide bonds. The molecule has 1 aromatic rings. The highest BCUT2D eigenvalue weighted by molar-refractivity contribution is 5.25. The Bertz CT molecular complexity index is 266. The molecular formula is C11H19N3. The molecule has 3 heteroatoms. The van der Waals surface area contributed by atoms with Crippen LogP contribution in [0.2, 0.25) is 0 Å². The average molecular weight is 193 g/mol. The quantitative estimate of drug-likeness (QED) is 0.798. The van der Waals surface area contributed by atoms with E-state index in [1.165, 1.54) is 0 Å². The first-order chi connectivity index (χ1) is 6.58. The van der Waals surface area contributed by atoms with Gasteiger partial charge in [0.2, 0.25) is 5.95 Å². The van der Waals surface area contributed by atoms with Gasteiger partial charge in [-0.05, 0) is 31.7 Å². The van der Waals surface area contributed by atoms with Gasteiger partial charge in [-0.25, -0.2) is 9.97 Å². The van der Waals surface area contributed by atoms with Gasteiger partial charge in [-0.1, -0.05) is 13.8 Å². The molecule has 1 rings (SSSR count). The summed E-state index contributed by atoms with van der Waals surface area (Å²) in [6, 6.07) is 0.428. The van der Waals surface area contributed by atoms with Crippen molar-refractivity contribution in [1.29, 1.82) is 0 Å². The van der Waals surface area contributed by atoms with Gasteiger partial charge < -0.3 is 5.32 Å². The Kier molecular flexibility index (Phi) is 3.86. The van der Waals surface area contributed by atoms with Crippen LogP contribution in [0.4, 0.5) is 5.95 Å². The van der Waals surface area contributed by atoms with Gasteiger partial charge in [0.25, 0.3) is 0 Å². The second-order valence-corrected chi connectivity index (χ2v) is 4.26. The fourth-order valence-electron chi connectivity index (χ4n) is 1.45. The van der Waals surface area contributed by atoms with Crippen molar-refractivity contribution in [3.63, 3.8) is 0 Å². The normalized spacial score (nSPS) is 12.9. The van der Waals surface area contributed by atoms with Gasteiger partial charge in [-0.3, -0.25) is 0 Å². The highest BCUT2D eigenvalue weighted by atomic mass is 15.1. The van der Waals surface area contributed by atoms with Crippen LogP contribution in [-0.2, 0) is 0 Å². The third-order valence-corrected chi connectivity index (χ3v) is 1.98. The lowest BCUT2D eigenvalue weighted by Gasteiger charge is -2.15. The van der Waals surface area contributed by atoms with Crippen LogP contribution in [0.5, 0.6) is 0 Å². The van der Waals surface area contributed by atoms with E-state index in [2.05, 4.69) is 36.1 Å². The largest absolute Gasteiger partial charge is 0.352 e. The summed E-state index contributed by atoms with van der Waals surface area (Å²) in [7, 11) is 0. The summed E-state index contributed by atoms with van der Waals surface area (Å²) >= 11 is 0. The smallest absolute Gasteiger partial charge is 0.222 e. The minimum Gasteiger partial charge on any atom is -0.352 e. The van der Waals surface area contributed by atoms with E-state index >= 15 is 0 Å². The zero-order valence-corrected chi connectivity index (χ0v) is 9.41. The van der Waals surface area contributed by atoms with E-state index in [1.54, 1.807) is 0 Å². The summed E-state index contributed by atoms with van der Waals surface area (Å²) in [5.74, 6) is 1.42. The molecule has 0 bridgehead atoms. The van der Waals surface area contributed by atoms with Gasteiger partial charge in [0.15, 0.2) is 0 Å². The van der Waals surface area contributed by atoms with Gasteiger partial charge in [-0.15, -0.1) is 0 Å². The van der Waals surface area contributed by atoms with Crippen molar-refractivity contribution in [3.05, 3.63) is 18.0 Å². The van der Waals surface area contributed by atoms with Crippen molar-refractivity contribution < 1.29 is 0 Å². The summed E-state index contributed by atoms with van der Waals surface area (Å²) in [6.07, 6.45) is 4.80. The van der Waals surface area contributed by atoms with Crippen molar-refractivity contribution in [1.82, 2.24) is 9.97 Å². The molecule has 1 aromatic heterocycles. The molecule has 1 atom stereocenters. The lowest BCUT2D eigenvalue weighted by molar-refractivity contribution is 0.537. The zero-order chi connectivity index (χ0) is 10.6. The molecule has 14 heavy (non-hydrogen) atoms. The first-order valence-electron chi connectivity index (χ1n) is 5.13. The minimum atomic E-state index is 0.428. The van der Waals surface area contributed by atoms with E-state index in [9.17, 15) is 0 Å². The van der Waals surface area contributed by atoms with Crippen molar-refractivity contribution in [3.8, 4) is 0 Å². The summed E-state index contributed by atoms with van der Waals surface area (Å²) in [6.45, 7) is 8.58. The number of hydrogen-bond acceptors (Lipinski definition) is 3. The topological polar surface area (TPSA) is 37.8 Å². The van der Waals surface area contributed by atoms with Gasteiger partial charge in [-0.2, -0.15) is 0 Å². The summed E-state index contributed by atoms with van der Waals surface area (Å²) < 4.78 is 0. The SMILES string of the molecule is Cc1cnc(NC(C)CC(C)C)nc1. The van der Waals surface area contributed by atoms with E-state index in [4.69, 9.17) is 0 Å². The van der Waals surface area contributed by atoms with Crippen molar-refractivity contribution >= 4 is 5.95 Å². The van der Waals surface area contributed by atoms with Crippen LogP contribution in [0.3, 0.4) is 0 Å². The highest BCUT2D eigenvalue weighted by Gasteiger charge is 2.05. The Morgan fingerprint density at radius 3 is 2.29 bits per heavy atom. The Balaban J connectivity index is 2.47. The van der Waals surface area contributed by atoms with Crippen LogP contribution in [0.15, 0.2) is 12.4 Å². The molecule has 1 N–H and O–H groups in total. The summed E-state index contributed by atoms with van der Waals surface area (Å²) in [5, 5.41) is 3.28. The molecule has 0 aliphatic rings. The number of hydrogen-bond donors (Lipinski definition) is 1. The maximum atomic E-state index is 4.20. The number of aromatic nitrogens is 2. The zero-order valence-electron chi connectivity index (χ0n) is 9.41. The third-order valence-electron chi connectivity index (χ3n) is 1.98. The van der Waals surface area contributed by atoms with E-state index < -0.39 is 0 Å². The number of nitrogens with zero attached hydrogens (tertiary/aromatic N) is 2. The van der Waals surface area contributed by atoms with Crippen molar-refractivity contribution in [2.24, 2.45) is 5.92 Å². The summed E-state index contributed by atoms with van der Waals surface area (Å²) in [4.78, 5) is 8.41. The Labute approximate surface area is 86.0 Å². The average Bonchev–Trinajstić information content (AvgIpc) is 2.07. The molecule has 0 aliphatic heterocycles. The summed E-state index contributed by atoms with van der Waals surface area (Å²) in [5.41, 5.74) is 1.09. The van der Waals surface area contributed by atoms with E-state index in [0.29, 0.717) is 12.0 Å². The second-order valence-electron chi connectivity index (χ2n) is 4.26. The van der Waals surface area contributed by atoms with Crippen LogP contribution in [-0.4, -0.2) is 16.0 Å². The number of anilines is 1. The van der Waals surface area contributed by atoms with Gasteiger partial charge in [0, 0.05) is 18.4 Å². The molecule has 78 valence electrons. The number of aryl methyl sites for hydroxylation is 1. The van der Waals surface area contributed by atoms with Crippen LogP contribution in [0, 0.1) is 12.8 Å². The van der Waals surface area contributed by atoms with Crippen LogP contribution < -0.4 is 5.32 Å². The van der Waals surface area contributed by atoms with Crippen molar-refractivity contribution in [2.75, 3.05) is 5.32 Å². The molecule has 1 heterocycles. The minimum absolute atomic E-state index is 0.428. The maximum absolute atomic E-state index is 4.20. The van der Waals surface area contributed by atoms with E-state index in [-0.39, 0.29) is 0 Å². The highest BCUT2D eigenvalue weighted by Crippen LogP contribution is 2.08. The predicted molar refractivity (Wildman–Crippen MR) is 59.3 cm³/mol. The van der Waals surface area contributed by atoms with Crippen LogP contribution in [0.1, 0.15) is 32.8 Å². The second kappa shape index (κ2) is 4.94. The molecule has 0 saturated heterocycles. The Morgan fingerprint density at radius 2 is 1.79 bits per heavy atom. The molecule has 0 radical (unpaired) electrons. The fourth-order valence-corrected chi connectivity index (χ4v) is 1.45. The molecule has 0 saturated carbocycles. The van der Waals surface area contributed by atoms with E-state index in [1.807, 2.05) is 19.3 Å². The molecule has 0 aliphatic carbocycles. The van der Waals surface area contributed by atoms with E-state index in [0.717, 1.165) is 17.9 Å². The Morgan fingerprint density at radius 1 is 1.21 bits per heavy atom. The van der Waals surface area contributed by atoms with Crippen molar-refractivity contribution in [2.45, 2.75) is 40.2 Å². The van der Waals surface area contributed by atoms with Gasteiger partial charge >= 0.3 is 0 Å². The monoisotopic (exact) mass is 193 g/mol. The molecule has 0 fully saturated rings. The number of nitrogens with one attached hydrogen (secondary N) is 1. The molecular weight excluding hydrogens is 174 g/mol. The first kappa shape index (κ1) is 11.0. The number of rotatable bonds is 4. The van der Waals surface area contributed by atoms with Gasteiger partial charge in [0.05, 0.1) is 0 Å². The predicted octanol–water partition coefficient (Wildman–Crippen LogP) is 2.63. The first-order valence-corrected chi connectivity index (χ1v) is 5.13. The van der Waals surface area contributed by atoms with Gasteiger partial charge in [0.1, 0.15) is 0 Å². The Hall–Kier alpha value is -1.12. The standard InChI is InChI=1S/C11H19N3/c1-8(2)5-10(4)14-11-12-6-9(3)7-13-11/h6-8,10H,5H2,1-4H3,(H,12,13,14). The molecule has 1 unspecified atom stereocenters. The third kappa shape index (κ3) is 3.73. The molecule has 0 spiro atoms. The lowest BCUT2D eigenvalue weighted by Crippen LogP contribution is -2.18. The molecule has 0 aromatic carbocycles. The van der Waals surface area contributed by atoms with Crippen LogP contribution >= 0.6 is 0 Å². The molecule has 3 nitrogen and oxygen atoms in total.